The van der Waals surface area contributed by atoms with Crippen molar-refractivity contribution in [3.8, 4) is 0 Å². The number of carbonyl (C=O) groups excluding carboxylic acids is 1. The minimum absolute atomic E-state index is 0.149. The molecule has 0 radical (unpaired) electrons. The molecule has 0 aliphatic carbocycles. The van der Waals surface area contributed by atoms with Gasteiger partial charge in [-0.3, -0.25) is 4.79 Å². The topological polar surface area (TPSA) is 55.6 Å². The van der Waals surface area contributed by atoms with Crippen LogP contribution in [-0.2, 0) is 9.53 Å². The van der Waals surface area contributed by atoms with Crippen LogP contribution in [0, 0.1) is 5.92 Å². The molecule has 0 unspecified atom stereocenters. The molecule has 1 fully saturated rings. The van der Waals surface area contributed by atoms with Crippen molar-refractivity contribution in [2.75, 3.05) is 32.8 Å². The van der Waals surface area contributed by atoms with E-state index in [1.165, 1.54) is 0 Å². The van der Waals surface area contributed by atoms with Gasteiger partial charge in [0.15, 0.2) is 0 Å². The monoisotopic (exact) mass is 242 g/mol. The molecule has 0 saturated carbocycles. The highest BCUT2D eigenvalue weighted by Gasteiger charge is 2.19. The quantitative estimate of drug-likeness (QED) is 0.686. The standard InChI is InChI=1S/C13H26N2O2/c1-12-5-8-15(9-6-12)13(16)11-17-10-4-2-3-7-14/h12H,2-11,14H2,1H3. The molecule has 0 atom stereocenters. The number of nitrogens with zero attached hydrogens (tertiary/aromatic N) is 1. The van der Waals surface area contributed by atoms with E-state index in [4.69, 9.17) is 10.5 Å². The molecule has 100 valence electrons. The van der Waals surface area contributed by atoms with Crippen LogP contribution in [0.15, 0.2) is 0 Å². The number of unbranched alkanes of at least 4 members (excludes halogenated alkanes) is 2. The van der Waals surface area contributed by atoms with Crippen LogP contribution in [0.1, 0.15) is 39.0 Å². The molecule has 2 N–H and O–H groups in total. The van der Waals surface area contributed by atoms with Crippen LogP contribution in [0.5, 0.6) is 0 Å². The number of rotatable bonds is 7. The van der Waals surface area contributed by atoms with E-state index in [1.807, 2.05) is 4.90 Å². The molecule has 0 aromatic heterocycles. The van der Waals surface area contributed by atoms with E-state index in [1.54, 1.807) is 0 Å². The van der Waals surface area contributed by atoms with Gasteiger partial charge >= 0.3 is 0 Å². The third kappa shape index (κ3) is 6.03. The van der Waals surface area contributed by atoms with Crippen molar-refractivity contribution in [3.63, 3.8) is 0 Å². The molecule has 0 spiro atoms. The molecule has 0 aromatic carbocycles. The van der Waals surface area contributed by atoms with Gasteiger partial charge in [0.1, 0.15) is 6.61 Å². The molecule has 4 heteroatoms. The molecule has 1 aliphatic heterocycles. The molecule has 17 heavy (non-hydrogen) atoms. The van der Waals surface area contributed by atoms with Gasteiger partial charge in [0.2, 0.25) is 5.91 Å². The minimum Gasteiger partial charge on any atom is -0.372 e. The van der Waals surface area contributed by atoms with Gasteiger partial charge in [0.05, 0.1) is 0 Å². The first-order valence-corrected chi connectivity index (χ1v) is 6.79. The van der Waals surface area contributed by atoms with E-state index in [0.717, 1.165) is 57.7 Å². The summed E-state index contributed by atoms with van der Waals surface area (Å²) in [7, 11) is 0. The molecule has 0 bridgehead atoms. The Bertz CT molecular complexity index is 213. The zero-order valence-electron chi connectivity index (χ0n) is 11.0. The average molecular weight is 242 g/mol. The Kier molecular flexibility index (Phi) is 7.21. The van der Waals surface area contributed by atoms with Crippen LogP contribution in [-0.4, -0.2) is 43.7 Å². The predicted octanol–water partition coefficient (Wildman–Crippen LogP) is 1.39. The Morgan fingerprint density at radius 3 is 2.65 bits per heavy atom. The molecule has 0 aromatic rings. The third-order valence-corrected chi connectivity index (χ3v) is 3.35. The lowest BCUT2D eigenvalue weighted by Gasteiger charge is -2.30. The van der Waals surface area contributed by atoms with Crippen LogP contribution in [0.4, 0.5) is 0 Å². The molecule has 4 nitrogen and oxygen atoms in total. The minimum atomic E-state index is 0.149. The Morgan fingerprint density at radius 1 is 1.29 bits per heavy atom. The molecule has 1 aliphatic rings. The Hall–Kier alpha value is -0.610. The fourth-order valence-corrected chi connectivity index (χ4v) is 2.03. The van der Waals surface area contributed by atoms with Crippen LogP contribution in [0.25, 0.3) is 0 Å². The first-order valence-electron chi connectivity index (χ1n) is 6.79. The maximum absolute atomic E-state index is 11.8. The summed E-state index contributed by atoms with van der Waals surface area (Å²) in [5.41, 5.74) is 5.40. The van der Waals surface area contributed by atoms with Crippen LogP contribution < -0.4 is 5.73 Å². The van der Waals surface area contributed by atoms with Crippen molar-refractivity contribution in [1.29, 1.82) is 0 Å². The lowest BCUT2D eigenvalue weighted by molar-refractivity contribution is -0.137. The number of hydrogen-bond acceptors (Lipinski definition) is 3. The van der Waals surface area contributed by atoms with Gasteiger partial charge in [-0.15, -0.1) is 0 Å². The van der Waals surface area contributed by atoms with Crippen LogP contribution >= 0.6 is 0 Å². The maximum Gasteiger partial charge on any atom is 0.248 e. The second-order valence-electron chi connectivity index (χ2n) is 4.97. The summed E-state index contributed by atoms with van der Waals surface area (Å²) in [6.07, 6.45) is 5.39. The average Bonchev–Trinajstić information content (AvgIpc) is 2.34. The van der Waals surface area contributed by atoms with Gasteiger partial charge in [0.25, 0.3) is 0 Å². The van der Waals surface area contributed by atoms with Crippen LogP contribution in [0.2, 0.25) is 0 Å². The summed E-state index contributed by atoms with van der Waals surface area (Å²) in [5, 5.41) is 0. The second kappa shape index (κ2) is 8.48. The van der Waals surface area contributed by atoms with E-state index in [-0.39, 0.29) is 12.5 Å². The second-order valence-corrected chi connectivity index (χ2v) is 4.97. The fraction of sp³-hybridized carbons (Fsp3) is 0.923. The van der Waals surface area contributed by atoms with Crippen LogP contribution in [0.3, 0.4) is 0 Å². The molecule has 1 heterocycles. The summed E-state index contributed by atoms with van der Waals surface area (Å²) in [6, 6.07) is 0. The number of amides is 1. The van der Waals surface area contributed by atoms with Gasteiger partial charge in [-0.05, 0) is 44.6 Å². The SMILES string of the molecule is CC1CCN(C(=O)COCCCCCN)CC1. The van der Waals surface area contributed by atoms with E-state index < -0.39 is 0 Å². The highest BCUT2D eigenvalue weighted by molar-refractivity contribution is 5.77. The Morgan fingerprint density at radius 2 is 2.00 bits per heavy atom. The number of likely N-dealkylation sites (tertiary alicyclic amines) is 1. The highest BCUT2D eigenvalue weighted by Crippen LogP contribution is 2.15. The Balaban J connectivity index is 2.01. The Labute approximate surface area is 104 Å². The van der Waals surface area contributed by atoms with Crippen molar-refractivity contribution in [3.05, 3.63) is 0 Å². The zero-order chi connectivity index (χ0) is 12.5. The van der Waals surface area contributed by atoms with Crippen molar-refractivity contribution in [2.45, 2.75) is 39.0 Å². The molecular weight excluding hydrogens is 216 g/mol. The molecular formula is C13H26N2O2. The number of piperidine rings is 1. The maximum atomic E-state index is 11.8. The highest BCUT2D eigenvalue weighted by atomic mass is 16.5. The van der Waals surface area contributed by atoms with E-state index >= 15 is 0 Å². The first-order chi connectivity index (χ1) is 8.24. The van der Waals surface area contributed by atoms with E-state index in [2.05, 4.69) is 6.92 Å². The normalized spacial score (nSPS) is 17.4. The van der Waals surface area contributed by atoms with Gasteiger partial charge < -0.3 is 15.4 Å². The van der Waals surface area contributed by atoms with Crippen molar-refractivity contribution in [2.24, 2.45) is 11.7 Å². The summed E-state index contributed by atoms with van der Waals surface area (Å²) >= 11 is 0. The zero-order valence-corrected chi connectivity index (χ0v) is 11.0. The molecule has 1 amide bonds. The van der Waals surface area contributed by atoms with Crippen molar-refractivity contribution >= 4 is 5.91 Å². The van der Waals surface area contributed by atoms with E-state index in [0.29, 0.717) is 6.61 Å². The summed E-state index contributed by atoms with van der Waals surface area (Å²) in [6.45, 7) is 5.71. The predicted molar refractivity (Wildman–Crippen MR) is 68.7 cm³/mol. The summed E-state index contributed by atoms with van der Waals surface area (Å²) in [5.74, 6) is 0.909. The summed E-state index contributed by atoms with van der Waals surface area (Å²) in [4.78, 5) is 13.7. The molecule has 1 rings (SSSR count). The smallest absolute Gasteiger partial charge is 0.248 e. The van der Waals surface area contributed by atoms with Gasteiger partial charge in [-0.25, -0.2) is 0 Å². The molecule has 1 saturated heterocycles. The number of ether oxygens (including phenoxy) is 1. The number of carbonyl (C=O) groups is 1. The third-order valence-electron chi connectivity index (χ3n) is 3.35. The van der Waals surface area contributed by atoms with E-state index in [9.17, 15) is 4.79 Å². The largest absolute Gasteiger partial charge is 0.372 e. The van der Waals surface area contributed by atoms with Crippen molar-refractivity contribution in [1.82, 2.24) is 4.90 Å². The van der Waals surface area contributed by atoms with Gasteiger partial charge in [-0.1, -0.05) is 6.92 Å². The van der Waals surface area contributed by atoms with Gasteiger partial charge in [0, 0.05) is 19.7 Å². The lowest BCUT2D eigenvalue weighted by atomic mass is 9.99. The number of nitrogens with two attached hydrogens (primary N) is 1. The summed E-state index contributed by atoms with van der Waals surface area (Å²) < 4.78 is 5.39. The fourth-order valence-electron chi connectivity index (χ4n) is 2.03. The number of hydrogen-bond donors (Lipinski definition) is 1. The van der Waals surface area contributed by atoms with Gasteiger partial charge in [-0.2, -0.15) is 0 Å². The lowest BCUT2D eigenvalue weighted by Crippen LogP contribution is -2.40. The van der Waals surface area contributed by atoms with Crippen molar-refractivity contribution < 1.29 is 9.53 Å². The first kappa shape index (κ1) is 14.5.